The van der Waals surface area contributed by atoms with Crippen LogP contribution >= 0.6 is 0 Å². The molecule has 202 valence electrons. The van der Waals surface area contributed by atoms with Gasteiger partial charge in [0.2, 0.25) is 11.9 Å². The van der Waals surface area contributed by atoms with Crippen molar-refractivity contribution in [1.82, 2.24) is 19.9 Å². The molecule has 3 saturated heterocycles. The summed E-state index contributed by atoms with van der Waals surface area (Å²) in [6.07, 6.45) is 7.60. The molecule has 5 heterocycles. The van der Waals surface area contributed by atoms with Crippen LogP contribution in [0, 0.1) is 5.41 Å². The highest BCUT2D eigenvalue weighted by atomic mass is 16.5. The van der Waals surface area contributed by atoms with E-state index in [1.165, 1.54) is 0 Å². The summed E-state index contributed by atoms with van der Waals surface area (Å²) in [5.41, 5.74) is 9.69. The maximum atomic E-state index is 12.7. The van der Waals surface area contributed by atoms with E-state index < -0.39 is 0 Å². The van der Waals surface area contributed by atoms with Crippen molar-refractivity contribution in [3.8, 4) is 11.3 Å². The first-order valence-corrected chi connectivity index (χ1v) is 13.4. The largest absolute Gasteiger partial charge is 0.378 e. The zero-order valence-corrected chi connectivity index (χ0v) is 22.4. The summed E-state index contributed by atoms with van der Waals surface area (Å²) in [7, 11) is 0. The van der Waals surface area contributed by atoms with E-state index in [1.54, 1.807) is 18.5 Å². The molecule has 0 saturated carbocycles. The molecule has 0 unspecified atom stereocenters. The first kappa shape index (κ1) is 26.1. The summed E-state index contributed by atoms with van der Waals surface area (Å²) in [5.74, 6) is 1.29. The first-order valence-electron chi connectivity index (χ1n) is 13.4. The van der Waals surface area contributed by atoms with E-state index in [-0.39, 0.29) is 29.5 Å². The third-order valence-corrected chi connectivity index (χ3v) is 7.73. The quantitative estimate of drug-likeness (QED) is 0.551. The predicted octanol–water partition coefficient (Wildman–Crippen LogP) is 2.70. The number of aromatic nitrogens is 3. The number of morpholine rings is 1. The number of allylic oxidation sites excluding steroid dienone is 2. The Morgan fingerprint density at radius 2 is 1.68 bits per heavy atom. The fourth-order valence-electron chi connectivity index (χ4n) is 5.53. The Morgan fingerprint density at radius 3 is 2.34 bits per heavy atom. The highest BCUT2D eigenvalue weighted by Gasteiger charge is 2.45. The van der Waals surface area contributed by atoms with Crippen LogP contribution in [0.3, 0.4) is 0 Å². The lowest BCUT2D eigenvalue weighted by Crippen LogP contribution is -2.61. The van der Waals surface area contributed by atoms with E-state index in [0.29, 0.717) is 19.6 Å². The molecule has 5 rings (SSSR count). The molecule has 0 atom stereocenters. The normalized spacial score (nSPS) is 18.7. The van der Waals surface area contributed by atoms with Crippen LogP contribution < -0.4 is 15.5 Å². The summed E-state index contributed by atoms with van der Waals surface area (Å²) in [4.78, 5) is 44.5. The highest BCUT2D eigenvalue weighted by molar-refractivity contribution is 5.93. The zero-order valence-electron chi connectivity index (χ0n) is 22.4. The molecular formula is C28H37N7O3. The van der Waals surface area contributed by atoms with Crippen molar-refractivity contribution in [2.24, 2.45) is 5.41 Å². The lowest BCUT2D eigenvalue weighted by Gasteiger charge is -2.55. The number of rotatable bonds is 7. The van der Waals surface area contributed by atoms with E-state index in [2.05, 4.69) is 31.9 Å². The van der Waals surface area contributed by atoms with Crippen LogP contribution in [0.5, 0.6) is 0 Å². The van der Waals surface area contributed by atoms with Crippen molar-refractivity contribution in [2.45, 2.75) is 39.5 Å². The van der Waals surface area contributed by atoms with Crippen molar-refractivity contribution in [1.29, 1.82) is 0 Å². The van der Waals surface area contributed by atoms with Gasteiger partial charge in [-0.15, -0.1) is 0 Å². The number of hydrogen-bond acceptors (Lipinski definition) is 9. The van der Waals surface area contributed by atoms with Gasteiger partial charge in [0, 0.05) is 87.2 Å². The van der Waals surface area contributed by atoms with Gasteiger partial charge in [0.1, 0.15) is 5.82 Å². The van der Waals surface area contributed by atoms with Gasteiger partial charge in [-0.2, -0.15) is 0 Å². The molecule has 2 aromatic heterocycles. The number of amides is 1. The molecule has 2 aromatic rings. The average Bonchev–Trinajstić information content (AvgIpc) is 2.91. The Labute approximate surface area is 223 Å². The van der Waals surface area contributed by atoms with Gasteiger partial charge in [0.05, 0.1) is 18.9 Å². The molecule has 3 aliphatic rings. The molecule has 1 amide bonds. The number of ether oxygens (including phenoxy) is 1. The van der Waals surface area contributed by atoms with Gasteiger partial charge in [0.15, 0.2) is 5.78 Å². The highest BCUT2D eigenvalue weighted by Crippen LogP contribution is 2.44. The van der Waals surface area contributed by atoms with Crippen LogP contribution in [0.2, 0.25) is 0 Å². The van der Waals surface area contributed by atoms with E-state index in [4.69, 9.17) is 15.5 Å². The Bertz CT molecular complexity index is 1190. The standard InChI is InChI=1S/C28H37N7O3/c1-20(2)13-23(36)3-4-26(37)34-7-5-28(6-8-34)18-35(19-28)22-14-24(21-16-30-27(29)31-17-21)32-25(15-22)33-9-11-38-12-10-33/h13-17H,3-12,18-19H2,1-2H3,(H2,29,30,31). The minimum absolute atomic E-state index is 0.0279. The summed E-state index contributed by atoms with van der Waals surface area (Å²) in [6.45, 7) is 10.2. The van der Waals surface area contributed by atoms with Crippen molar-refractivity contribution in [2.75, 3.05) is 68.0 Å². The number of nitrogens with two attached hydrogens (primary N) is 1. The van der Waals surface area contributed by atoms with Gasteiger partial charge in [-0.25, -0.2) is 15.0 Å². The number of nitrogens with zero attached hydrogens (tertiary/aromatic N) is 6. The fraction of sp³-hybridized carbons (Fsp3) is 0.536. The van der Waals surface area contributed by atoms with E-state index in [0.717, 1.165) is 80.4 Å². The number of ketones is 1. The van der Waals surface area contributed by atoms with Crippen molar-refractivity contribution < 1.29 is 14.3 Å². The smallest absolute Gasteiger partial charge is 0.223 e. The second-order valence-corrected chi connectivity index (χ2v) is 10.9. The summed E-state index contributed by atoms with van der Waals surface area (Å²) in [6, 6.07) is 4.27. The van der Waals surface area contributed by atoms with Gasteiger partial charge in [0.25, 0.3) is 0 Å². The van der Waals surface area contributed by atoms with Gasteiger partial charge in [-0.3, -0.25) is 9.59 Å². The lowest BCUT2D eigenvalue weighted by atomic mass is 9.71. The van der Waals surface area contributed by atoms with Gasteiger partial charge < -0.3 is 25.2 Å². The van der Waals surface area contributed by atoms with Crippen LogP contribution in [-0.2, 0) is 14.3 Å². The number of nitrogen functional groups attached to an aromatic ring is 1. The van der Waals surface area contributed by atoms with Crippen LogP contribution in [-0.4, -0.2) is 84.0 Å². The maximum Gasteiger partial charge on any atom is 0.223 e. The van der Waals surface area contributed by atoms with Gasteiger partial charge >= 0.3 is 0 Å². The molecule has 2 N–H and O–H groups in total. The lowest BCUT2D eigenvalue weighted by molar-refractivity contribution is -0.135. The third-order valence-electron chi connectivity index (χ3n) is 7.73. The second-order valence-electron chi connectivity index (χ2n) is 10.9. The molecule has 10 nitrogen and oxygen atoms in total. The van der Waals surface area contributed by atoms with Crippen LogP contribution in [0.25, 0.3) is 11.3 Å². The molecular weight excluding hydrogens is 482 g/mol. The number of carbonyl (C=O) groups excluding carboxylic acids is 2. The molecule has 0 aromatic carbocycles. The zero-order chi connectivity index (χ0) is 26.7. The van der Waals surface area contributed by atoms with Gasteiger partial charge in [-0.05, 0) is 38.8 Å². The first-order chi connectivity index (χ1) is 18.3. The molecule has 3 fully saturated rings. The third kappa shape index (κ3) is 5.96. The Kier molecular flexibility index (Phi) is 7.60. The minimum atomic E-state index is 0.0279. The minimum Gasteiger partial charge on any atom is -0.378 e. The second kappa shape index (κ2) is 11.1. The molecule has 38 heavy (non-hydrogen) atoms. The number of likely N-dealkylation sites (tertiary alicyclic amines) is 1. The summed E-state index contributed by atoms with van der Waals surface area (Å²) < 4.78 is 5.54. The summed E-state index contributed by atoms with van der Waals surface area (Å²) in [5, 5.41) is 0. The van der Waals surface area contributed by atoms with Crippen LogP contribution in [0.4, 0.5) is 17.5 Å². The SMILES string of the molecule is CC(C)=CC(=O)CCC(=O)N1CCC2(CC1)CN(c1cc(-c3cnc(N)nc3)nc(N3CCOCC3)c1)C2. The molecule has 10 heteroatoms. The van der Waals surface area contributed by atoms with E-state index in [1.807, 2.05) is 18.7 Å². The van der Waals surface area contributed by atoms with Crippen molar-refractivity contribution in [3.63, 3.8) is 0 Å². The fourth-order valence-corrected chi connectivity index (χ4v) is 5.53. The van der Waals surface area contributed by atoms with E-state index in [9.17, 15) is 9.59 Å². The van der Waals surface area contributed by atoms with Crippen LogP contribution in [0.15, 0.2) is 36.2 Å². The molecule has 0 radical (unpaired) electrons. The molecule has 1 spiro atoms. The van der Waals surface area contributed by atoms with Crippen molar-refractivity contribution >= 4 is 29.1 Å². The average molecular weight is 520 g/mol. The van der Waals surface area contributed by atoms with Crippen molar-refractivity contribution in [3.05, 3.63) is 36.2 Å². The Balaban J connectivity index is 1.23. The maximum absolute atomic E-state index is 12.7. The topological polar surface area (TPSA) is 118 Å². The monoisotopic (exact) mass is 519 g/mol. The van der Waals surface area contributed by atoms with E-state index >= 15 is 0 Å². The number of pyridine rings is 1. The molecule has 0 aliphatic carbocycles. The molecule has 0 bridgehead atoms. The summed E-state index contributed by atoms with van der Waals surface area (Å²) >= 11 is 0. The predicted molar refractivity (Wildman–Crippen MR) is 147 cm³/mol. The van der Waals surface area contributed by atoms with Gasteiger partial charge in [-0.1, -0.05) is 5.57 Å². The number of anilines is 3. The number of hydrogen-bond donors (Lipinski definition) is 1. The number of carbonyl (C=O) groups is 2. The Hall–Kier alpha value is -3.53. The number of piperidine rings is 1. The molecule has 3 aliphatic heterocycles. The van der Waals surface area contributed by atoms with Crippen LogP contribution in [0.1, 0.15) is 39.5 Å². The Morgan fingerprint density at radius 1 is 1.00 bits per heavy atom.